The summed E-state index contributed by atoms with van der Waals surface area (Å²) in [5.41, 5.74) is 0. The van der Waals surface area contributed by atoms with E-state index < -0.39 is 11.9 Å². The molecule has 0 aromatic rings. The van der Waals surface area contributed by atoms with Crippen molar-refractivity contribution in [2.24, 2.45) is 5.92 Å². The standard InChI is InChI=1S/C14H24N2O4/c1-10-12(13(17)18)6-7-16(10)14(19)15(2)9-11-5-3-4-8-20-11/h10-12H,3-9H2,1-2H3,(H,17,18). The second-order valence-electron chi connectivity index (χ2n) is 5.82. The predicted octanol–water partition coefficient (Wildman–Crippen LogP) is 1.40. The van der Waals surface area contributed by atoms with Gasteiger partial charge in [-0.2, -0.15) is 0 Å². The van der Waals surface area contributed by atoms with Crippen molar-refractivity contribution in [1.29, 1.82) is 0 Å². The summed E-state index contributed by atoms with van der Waals surface area (Å²) in [5.74, 6) is -1.26. The number of carbonyl (C=O) groups excluding carboxylic acids is 1. The van der Waals surface area contributed by atoms with Crippen molar-refractivity contribution in [1.82, 2.24) is 9.80 Å². The predicted molar refractivity (Wildman–Crippen MR) is 73.5 cm³/mol. The molecule has 0 radical (unpaired) electrons. The normalized spacial score (nSPS) is 30.3. The summed E-state index contributed by atoms with van der Waals surface area (Å²) in [6.07, 6.45) is 3.89. The molecule has 114 valence electrons. The van der Waals surface area contributed by atoms with Crippen molar-refractivity contribution in [3.05, 3.63) is 0 Å². The van der Waals surface area contributed by atoms with E-state index in [1.54, 1.807) is 16.8 Å². The van der Waals surface area contributed by atoms with Gasteiger partial charge in [0.2, 0.25) is 0 Å². The first-order valence-corrected chi connectivity index (χ1v) is 7.37. The van der Waals surface area contributed by atoms with Gasteiger partial charge >= 0.3 is 12.0 Å². The van der Waals surface area contributed by atoms with Crippen molar-refractivity contribution < 1.29 is 19.4 Å². The lowest BCUT2D eigenvalue weighted by molar-refractivity contribution is -0.142. The highest BCUT2D eigenvalue weighted by atomic mass is 16.5. The fourth-order valence-electron chi connectivity index (χ4n) is 3.09. The first kappa shape index (κ1) is 15.1. The molecule has 1 N–H and O–H groups in total. The van der Waals surface area contributed by atoms with Gasteiger partial charge in [0, 0.05) is 32.8 Å². The summed E-state index contributed by atoms with van der Waals surface area (Å²) in [7, 11) is 1.76. The molecule has 3 atom stereocenters. The second kappa shape index (κ2) is 6.43. The number of ether oxygens (including phenoxy) is 1. The van der Waals surface area contributed by atoms with Crippen LogP contribution in [-0.2, 0) is 9.53 Å². The van der Waals surface area contributed by atoms with Crippen molar-refractivity contribution in [3.63, 3.8) is 0 Å². The molecule has 0 spiro atoms. The van der Waals surface area contributed by atoms with Gasteiger partial charge in [0.05, 0.1) is 12.0 Å². The molecule has 2 aliphatic rings. The monoisotopic (exact) mass is 284 g/mol. The van der Waals surface area contributed by atoms with Crippen LogP contribution in [0.4, 0.5) is 4.79 Å². The van der Waals surface area contributed by atoms with Gasteiger partial charge in [-0.1, -0.05) is 0 Å². The zero-order valence-electron chi connectivity index (χ0n) is 12.2. The minimum Gasteiger partial charge on any atom is -0.481 e. The van der Waals surface area contributed by atoms with Crippen LogP contribution in [0.1, 0.15) is 32.6 Å². The molecule has 6 nitrogen and oxygen atoms in total. The largest absolute Gasteiger partial charge is 0.481 e. The molecule has 2 rings (SSSR count). The Morgan fingerprint density at radius 3 is 2.65 bits per heavy atom. The van der Waals surface area contributed by atoms with Gasteiger partial charge in [-0.3, -0.25) is 4.79 Å². The summed E-state index contributed by atoms with van der Waals surface area (Å²) in [5, 5.41) is 9.11. The zero-order valence-corrected chi connectivity index (χ0v) is 12.2. The first-order valence-electron chi connectivity index (χ1n) is 7.37. The van der Waals surface area contributed by atoms with Crippen LogP contribution in [0.25, 0.3) is 0 Å². The van der Waals surface area contributed by atoms with Crippen LogP contribution >= 0.6 is 0 Å². The molecule has 0 aliphatic carbocycles. The number of likely N-dealkylation sites (tertiary alicyclic amines) is 1. The average Bonchev–Trinajstić information content (AvgIpc) is 2.81. The Balaban J connectivity index is 1.88. The van der Waals surface area contributed by atoms with Crippen LogP contribution in [0, 0.1) is 5.92 Å². The van der Waals surface area contributed by atoms with Gasteiger partial charge in [-0.15, -0.1) is 0 Å². The Hall–Kier alpha value is -1.30. The maximum absolute atomic E-state index is 12.4. The highest BCUT2D eigenvalue weighted by Gasteiger charge is 2.39. The molecule has 20 heavy (non-hydrogen) atoms. The number of likely N-dealkylation sites (N-methyl/N-ethyl adjacent to an activating group) is 1. The van der Waals surface area contributed by atoms with Crippen molar-refractivity contribution >= 4 is 12.0 Å². The van der Waals surface area contributed by atoms with E-state index in [1.807, 2.05) is 6.92 Å². The summed E-state index contributed by atoms with van der Waals surface area (Å²) in [6.45, 7) is 3.69. The van der Waals surface area contributed by atoms with E-state index in [9.17, 15) is 9.59 Å². The van der Waals surface area contributed by atoms with Crippen LogP contribution in [0.15, 0.2) is 0 Å². The fourth-order valence-corrected chi connectivity index (χ4v) is 3.09. The number of urea groups is 1. The Labute approximate surface area is 119 Å². The van der Waals surface area contributed by atoms with E-state index in [0.717, 1.165) is 25.9 Å². The highest BCUT2D eigenvalue weighted by molar-refractivity contribution is 5.78. The first-order chi connectivity index (χ1) is 9.50. The maximum atomic E-state index is 12.4. The molecule has 0 aromatic carbocycles. The van der Waals surface area contributed by atoms with E-state index in [4.69, 9.17) is 9.84 Å². The molecule has 0 aromatic heterocycles. The molecular formula is C14H24N2O4. The van der Waals surface area contributed by atoms with Crippen molar-refractivity contribution in [3.8, 4) is 0 Å². The van der Waals surface area contributed by atoms with E-state index >= 15 is 0 Å². The average molecular weight is 284 g/mol. The number of aliphatic carboxylic acids is 1. The molecule has 2 heterocycles. The molecule has 0 bridgehead atoms. The summed E-state index contributed by atoms with van der Waals surface area (Å²) in [6, 6.07) is -0.329. The maximum Gasteiger partial charge on any atom is 0.320 e. The third-order valence-corrected chi connectivity index (χ3v) is 4.40. The van der Waals surface area contributed by atoms with Crippen LogP contribution in [0.5, 0.6) is 0 Å². The van der Waals surface area contributed by atoms with Gasteiger partial charge < -0.3 is 19.6 Å². The molecule has 2 fully saturated rings. The lowest BCUT2D eigenvalue weighted by Crippen LogP contribution is -2.47. The van der Waals surface area contributed by atoms with E-state index in [-0.39, 0.29) is 18.2 Å². The smallest absolute Gasteiger partial charge is 0.320 e. The molecule has 2 amide bonds. The molecule has 0 saturated carbocycles. The molecule has 6 heteroatoms. The number of carbonyl (C=O) groups is 2. The van der Waals surface area contributed by atoms with Crippen molar-refractivity contribution in [2.45, 2.75) is 44.8 Å². The van der Waals surface area contributed by atoms with Gasteiger partial charge in [-0.05, 0) is 32.6 Å². The zero-order chi connectivity index (χ0) is 14.7. The minimum atomic E-state index is -0.814. The van der Waals surface area contributed by atoms with Gasteiger partial charge in [0.25, 0.3) is 0 Å². The van der Waals surface area contributed by atoms with E-state index in [1.165, 1.54) is 0 Å². The van der Waals surface area contributed by atoms with Gasteiger partial charge in [0.15, 0.2) is 0 Å². The van der Waals surface area contributed by atoms with E-state index in [2.05, 4.69) is 0 Å². The number of carboxylic acids is 1. The SMILES string of the molecule is CC1C(C(=O)O)CCN1C(=O)N(C)CC1CCCCO1. The highest BCUT2D eigenvalue weighted by Crippen LogP contribution is 2.25. The van der Waals surface area contributed by atoms with Gasteiger partial charge in [-0.25, -0.2) is 4.79 Å². The number of hydrogen-bond acceptors (Lipinski definition) is 3. The fraction of sp³-hybridized carbons (Fsp3) is 0.857. The summed E-state index contributed by atoms with van der Waals surface area (Å²) in [4.78, 5) is 26.8. The Morgan fingerprint density at radius 1 is 1.35 bits per heavy atom. The number of rotatable bonds is 3. The lowest BCUT2D eigenvalue weighted by atomic mass is 10.0. The quantitative estimate of drug-likeness (QED) is 0.850. The molecule has 2 aliphatic heterocycles. The summed E-state index contributed by atoms with van der Waals surface area (Å²) >= 11 is 0. The van der Waals surface area contributed by atoms with Crippen LogP contribution in [0.2, 0.25) is 0 Å². The van der Waals surface area contributed by atoms with Crippen LogP contribution in [-0.4, -0.2) is 65.8 Å². The second-order valence-corrected chi connectivity index (χ2v) is 5.82. The van der Waals surface area contributed by atoms with Crippen molar-refractivity contribution in [2.75, 3.05) is 26.7 Å². The van der Waals surface area contributed by atoms with Gasteiger partial charge in [0.1, 0.15) is 0 Å². The van der Waals surface area contributed by atoms with Crippen LogP contribution in [0.3, 0.4) is 0 Å². The number of amides is 2. The lowest BCUT2D eigenvalue weighted by Gasteiger charge is -2.32. The molecule has 3 unspecified atom stereocenters. The van der Waals surface area contributed by atoms with E-state index in [0.29, 0.717) is 19.5 Å². The minimum absolute atomic E-state index is 0.0876. The Bertz CT molecular complexity index is 368. The topological polar surface area (TPSA) is 70.1 Å². The third kappa shape index (κ3) is 3.23. The summed E-state index contributed by atoms with van der Waals surface area (Å²) < 4.78 is 5.64. The van der Waals surface area contributed by atoms with Crippen LogP contribution < -0.4 is 0 Å². The Morgan fingerprint density at radius 2 is 2.10 bits per heavy atom. The third-order valence-electron chi connectivity index (χ3n) is 4.40. The Kier molecular flexibility index (Phi) is 4.86. The number of carboxylic acid groups (broad SMARTS) is 1. The number of nitrogens with zero attached hydrogens (tertiary/aromatic N) is 2. The number of hydrogen-bond donors (Lipinski definition) is 1. The molecular weight excluding hydrogens is 260 g/mol. The molecule has 2 saturated heterocycles.